The molecule has 98 valence electrons. The van der Waals surface area contributed by atoms with E-state index in [9.17, 15) is 4.79 Å². The van der Waals surface area contributed by atoms with Crippen LogP contribution in [0.5, 0.6) is 11.5 Å². The molecule has 2 rings (SSSR count). The lowest BCUT2D eigenvalue weighted by molar-refractivity contribution is 0.0985. The lowest BCUT2D eigenvalue weighted by Crippen LogP contribution is -2.08. The first-order valence-electron chi connectivity index (χ1n) is 5.89. The summed E-state index contributed by atoms with van der Waals surface area (Å²) in [5.41, 5.74) is 1.24. The standard InChI is InChI=1S/C15H15NO3/c1-18-12-6-3-5-11(9-12)10-13(17)15-14(19-2)7-4-8-16-15/h3-9H,10H2,1-2H3. The van der Waals surface area contributed by atoms with Gasteiger partial charge in [0.15, 0.2) is 5.78 Å². The maximum Gasteiger partial charge on any atom is 0.189 e. The quantitative estimate of drug-likeness (QED) is 0.772. The second kappa shape index (κ2) is 6.00. The van der Waals surface area contributed by atoms with E-state index in [0.29, 0.717) is 11.4 Å². The number of methoxy groups -OCH3 is 2. The number of rotatable bonds is 5. The molecule has 4 nitrogen and oxygen atoms in total. The number of hydrogen-bond acceptors (Lipinski definition) is 4. The van der Waals surface area contributed by atoms with Crippen molar-refractivity contribution in [3.8, 4) is 11.5 Å². The van der Waals surface area contributed by atoms with Gasteiger partial charge in [0.1, 0.15) is 17.2 Å². The third-order valence-electron chi connectivity index (χ3n) is 2.75. The van der Waals surface area contributed by atoms with Crippen LogP contribution >= 0.6 is 0 Å². The van der Waals surface area contributed by atoms with Gasteiger partial charge in [-0.2, -0.15) is 0 Å². The van der Waals surface area contributed by atoms with Gasteiger partial charge < -0.3 is 9.47 Å². The van der Waals surface area contributed by atoms with Crippen LogP contribution in [0.15, 0.2) is 42.6 Å². The number of ether oxygens (including phenoxy) is 2. The highest BCUT2D eigenvalue weighted by Crippen LogP contribution is 2.19. The number of hydrogen-bond donors (Lipinski definition) is 0. The summed E-state index contributed by atoms with van der Waals surface area (Å²) in [5.74, 6) is 1.15. The van der Waals surface area contributed by atoms with Gasteiger partial charge in [0.2, 0.25) is 0 Å². The van der Waals surface area contributed by atoms with E-state index in [-0.39, 0.29) is 12.2 Å². The van der Waals surface area contributed by atoms with E-state index in [1.54, 1.807) is 25.4 Å². The summed E-state index contributed by atoms with van der Waals surface area (Å²) in [6.07, 6.45) is 1.85. The highest BCUT2D eigenvalue weighted by molar-refractivity contribution is 5.98. The average Bonchev–Trinajstić information content (AvgIpc) is 2.47. The minimum Gasteiger partial charge on any atom is -0.497 e. The molecule has 0 amide bonds. The summed E-state index contributed by atoms with van der Waals surface area (Å²) in [4.78, 5) is 16.3. The third-order valence-corrected chi connectivity index (χ3v) is 2.75. The number of ketones is 1. The summed E-state index contributed by atoms with van der Waals surface area (Å²) in [5, 5.41) is 0. The first-order chi connectivity index (χ1) is 9.24. The zero-order valence-electron chi connectivity index (χ0n) is 10.9. The maximum absolute atomic E-state index is 12.2. The summed E-state index contributed by atoms with van der Waals surface area (Å²) in [7, 11) is 3.13. The number of aromatic nitrogens is 1. The Morgan fingerprint density at radius 1 is 1.16 bits per heavy atom. The van der Waals surface area contributed by atoms with E-state index in [0.717, 1.165) is 11.3 Å². The van der Waals surface area contributed by atoms with Crippen molar-refractivity contribution in [2.75, 3.05) is 14.2 Å². The fourth-order valence-electron chi connectivity index (χ4n) is 1.82. The largest absolute Gasteiger partial charge is 0.497 e. The molecular formula is C15H15NO3. The maximum atomic E-state index is 12.2. The van der Waals surface area contributed by atoms with Gasteiger partial charge >= 0.3 is 0 Å². The van der Waals surface area contributed by atoms with Crippen molar-refractivity contribution >= 4 is 5.78 Å². The number of carbonyl (C=O) groups is 1. The zero-order chi connectivity index (χ0) is 13.7. The van der Waals surface area contributed by atoms with Crippen LogP contribution in [0.1, 0.15) is 16.1 Å². The first-order valence-corrected chi connectivity index (χ1v) is 5.89. The molecule has 2 aromatic rings. The predicted octanol–water partition coefficient (Wildman–Crippen LogP) is 2.52. The molecular weight excluding hydrogens is 242 g/mol. The Labute approximate surface area is 112 Å². The molecule has 1 heterocycles. The van der Waals surface area contributed by atoms with Gasteiger partial charge in [0.25, 0.3) is 0 Å². The molecule has 0 radical (unpaired) electrons. The summed E-state index contributed by atoms with van der Waals surface area (Å²) in [6, 6.07) is 10.9. The predicted molar refractivity (Wildman–Crippen MR) is 71.8 cm³/mol. The van der Waals surface area contributed by atoms with Crippen LogP contribution in [0, 0.1) is 0 Å². The van der Waals surface area contributed by atoms with E-state index >= 15 is 0 Å². The van der Waals surface area contributed by atoms with Crippen molar-refractivity contribution in [2.45, 2.75) is 6.42 Å². The second-order valence-electron chi connectivity index (χ2n) is 4.01. The van der Waals surface area contributed by atoms with Crippen LogP contribution in [0.3, 0.4) is 0 Å². The van der Waals surface area contributed by atoms with E-state index in [1.807, 2.05) is 24.3 Å². The molecule has 19 heavy (non-hydrogen) atoms. The van der Waals surface area contributed by atoms with Crippen LogP contribution in [0.2, 0.25) is 0 Å². The molecule has 0 saturated heterocycles. The fraction of sp³-hybridized carbons (Fsp3) is 0.200. The number of pyridine rings is 1. The van der Waals surface area contributed by atoms with Crippen LogP contribution in [-0.2, 0) is 6.42 Å². The Bertz CT molecular complexity index is 581. The van der Waals surface area contributed by atoms with Crippen molar-refractivity contribution in [1.82, 2.24) is 4.98 Å². The fourth-order valence-corrected chi connectivity index (χ4v) is 1.82. The topological polar surface area (TPSA) is 48.4 Å². The van der Waals surface area contributed by atoms with E-state index in [4.69, 9.17) is 9.47 Å². The number of Topliss-reactive ketones (excluding diaryl/α,β-unsaturated/α-hetero) is 1. The molecule has 0 spiro atoms. The Morgan fingerprint density at radius 2 is 2.00 bits per heavy atom. The lowest BCUT2D eigenvalue weighted by atomic mass is 10.1. The van der Waals surface area contributed by atoms with Crippen LogP contribution in [0.25, 0.3) is 0 Å². The molecule has 0 bridgehead atoms. The first kappa shape index (κ1) is 13.1. The highest BCUT2D eigenvalue weighted by atomic mass is 16.5. The number of carbonyl (C=O) groups excluding carboxylic acids is 1. The normalized spacial score (nSPS) is 10.0. The second-order valence-corrected chi connectivity index (χ2v) is 4.01. The Kier molecular flexibility index (Phi) is 4.13. The van der Waals surface area contributed by atoms with Gasteiger partial charge in [-0.15, -0.1) is 0 Å². The van der Waals surface area contributed by atoms with Gasteiger partial charge in [-0.3, -0.25) is 4.79 Å². The molecule has 1 aromatic heterocycles. The van der Waals surface area contributed by atoms with Crippen molar-refractivity contribution in [3.63, 3.8) is 0 Å². The van der Waals surface area contributed by atoms with E-state index in [1.165, 1.54) is 7.11 Å². The van der Waals surface area contributed by atoms with E-state index < -0.39 is 0 Å². The number of benzene rings is 1. The van der Waals surface area contributed by atoms with Crippen LogP contribution in [-0.4, -0.2) is 25.0 Å². The smallest absolute Gasteiger partial charge is 0.189 e. The average molecular weight is 257 g/mol. The van der Waals surface area contributed by atoms with Gasteiger partial charge in [-0.25, -0.2) is 4.98 Å². The molecule has 0 fully saturated rings. The number of nitrogens with zero attached hydrogens (tertiary/aromatic N) is 1. The third kappa shape index (κ3) is 3.10. The summed E-state index contributed by atoms with van der Waals surface area (Å²) < 4.78 is 10.3. The lowest BCUT2D eigenvalue weighted by Gasteiger charge is -2.07. The molecule has 0 saturated carbocycles. The molecule has 0 atom stereocenters. The van der Waals surface area contributed by atoms with Gasteiger partial charge in [0, 0.05) is 12.6 Å². The van der Waals surface area contributed by atoms with Crippen molar-refractivity contribution in [2.24, 2.45) is 0 Å². The Balaban J connectivity index is 2.20. The van der Waals surface area contributed by atoms with Crippen molar-refractivity contribution in [3.05, 3.63) is 53.9 Å². The zero-order valence-corrected chi connectivity index (χ0v) is 10.9. The van der Waals surface area contributed by atoms with Crippen LogP contribution < -0.4 is 9.47 Å². The molecule has 1 aromatic carbocycles. The van der Waals surface area contributed by atoms with Gasteiger partial charge in [0.05, 0.1) is 14.2 Å². The molecule has 0 unspecified atom stereocenters. The Hall–Kier alpha value is -2.36. The monoisotopic (exact) mass is 257 g/mol. The molecule has 0 aliphatic heterocycles. The minimum absolute atomic E-state index is 0.0781. The minimum atomic E-state index is -0.0781. The summed E-state index contributed by atoms with van der Waals surface area (Å²) in [6.45, 7) is 0. The van der Waals surface area contributed by atoms with Gasteiger partial charge in [-0.1, -0.05) is 12.1 Å². The van der Waals surface area contributed by atoms with Gasteiger partial charge in [-0.05, 0) is 29.8 Å². The van der Waals surface area contributed by atoms with Crippen molar-refractivity contribution in [1.29, 1.82) is 0 Å². The molecule has 0 N–H and O–H groups in total. The van der Waals surface area contributed by atoms with Crippen LogP contribution in [0.4, 0.5) is 0 Å². The Morgan fingerprint density at radius 3 is 2.74 bits per heavy atom. The highest BCUT2D eigenvalue weighted by Gasteiger charge is 2.14. The van der Waals surface area contributed by atoms with E-state index in [2.05, 4.69) is 4.98 Å². The molecule has 0 aliphatic rings. The van der Waals surface area contributed by atoms with Crippen molar-refractivity contribution < 1.29 is 14.3 Å². The molecule has 4 heteroatoms. The molecule has 0 aliphatic carbocycles. The summed E-state index contributed by atoms with van der Waals surface area (Å²) >= 11 is 0. The SMILES string of the molecule is COc1cccc(CC(=O)c2ncccc2OC)c1.